The zero-order valence-corrected chi connectivity index (χ0v) is 8.44. The Morgan fingerprint density at radius 3 is 2.60 bits per heavy atom. The van der Waals surface area contributed by atoms with E-state index in [0.717, 1.165) is 0 Å². The number of rotatable bonds is 3. The molecule has 4 nitrogen and oxygen atoms in total. The fourth-order valence-corrected chi connectivity index (χ4v) is 0.877. The minimum Gasteiger partial charge on any atom is -0.387 e. The SMILES string of the molecule is [2H]C([2H])(N=C(N)N=C(C)N)C([2H])([2H])c1ccccc1. The van der Waals surface area contributed by atoms with Gasteiger partial charge in [0, 0.05) is 9.24 Å². The predicted octanol–water partition coefficient (Wildman–Crippen LogP) is 0.921. The molecule has 1 aromatic carbocycles. The molecule has 0 unspecified atom stereocenters. The van der Waals surface area contributed by atoms with Crippen molar-refractivity contribution in [3.8, 4) is 0 Å². The lowest BCUT2D eigenvalue weighted by molar-refractivity contribution is 0.962. The second-order valence-corrected chi connectivity index (χ2v) is 2.83. The fourth-order valence-electron chi connectivity index (χ4n) is 0.877. The van der Waals surface area contributed by atoms with Crippen LogP contribution < -0.4 is 11.5 Å². The van der Waals surface area contributed by atoms with Crippen molar-refractivity contribution in [3.05, 3.63) is 35.9 Å². The highest BCUT2D eigenvalue weighted by molar-refractivity contribution is 5.93. The van der Waals surface area contributed by atoms with Crippen LogP contribution in [0.3, 0.4) is 0 Å². The summed E-state index contributed by atoms with van der Waals surface area (Å²) < 4.78 is 31.3. The summed E-state index contributed by atoms with van der Waals surface area (Å²) in [4.78, 5) is 7.07. The minimum atomic E-state index is -2.56. The molecule has 0 heterocycles. The molecular formula is C11H16N4. The molecule has 0 atom stereocenters. The van der Waals surface area contributed by atoms with Crippen molar-refractivity contribution in [1.29, 1.82) is 0 Å². The molecule has 0 saturated carbocycles. The summed E-state index contributed by atoms with van der Waals surface area (Å²) >= 11 is 0. The summed E-state index contributed by atoms with van der Waals surface area (Å²) in [6, 6.07) is 7.94. The molecule has 4 heteroatoms. The highest BCUT2D eigenvalue weighted by Gasteiger charge is 1.91. The molecule has 0 spiro atoms. The van der Waals surface area contributed by atoms with Crippen LogP contribution in [0, 0.1) is 0 Å². The van der Waals surface area contributed by atoms with E-state index in [-0.39, 0.29) is 11.4 Å². The summed E-state index contributed by atoms with van der Waals surface area (Å²) in [5, 5.41) is 0. The van der Waals surface area contributed by atoms with E-state index in [2.05, 4.69) is 9.98 Å². The van der Waals surface area contributed by atoms with Crippen molar-refractivity contribution in [2.45, 2.75) is 13.3 Å². The van der Waals surface area contributed by atoms with E-state index in [9.17, 15) is 0 Å². The van der Waals surface area contributed by atoms with Crippen LogP contribution in [0.5, 0.6) is 0 Å². The highest BCUT2D eigenvalue weighted by Crippen LogP contribution is 1.99. The molecule has 0 bridgehead atoms. The quantitative estimate of drug-likeness (QED) is 0.572. The van der Waals surface area contributed by atoms with Gasteiger partial charge in [-0.25, -0.2) is 4.99 Å². The first-order valence-corrected chi connectivity index (χ1v) is 4.38. The molecule has 0 radical (unpaired) electrons. The summed E-state index contributed by atoms with van der Waals surface area (Å²) in [6.45, 7) is -1.08. The van der Waals surface area contributed by atoms with E-state index in [1.165, 1.54) is 19.1 Å². The standard InChI is InChI=1S/C11H16N4/c1-9(12)15-11(13)14-8-7-10-5-3-2-4-6-10/h2-6H,7-8H2,1H3,(H4,12,13,14,15)/i7D2,8D2. The van der Waals surface area contributed by atoms with Crippen LogP contribution in [0.2, 0.25) is 0 Å². The van der Waals surface area contributed by atoms with Gasteiger partial charge in [-0.3, -0.25) is 4.99 Å². The number of amidine groups is 1. The van der Waals surface area contributed by atoms with Crippen LogP contribution in [-0.2, 0) is 6.37 Å². The van der Waals surface area contributed by atoms with Crippen molar-refractivity contribution in [3.63, 3.8) is 0 Å². The van der Waals surface area contributed by atoms with Crippen molar-refractivity contribution in [2.75, 3.05) is 6.50 Å². The van der Waals surface area contributed by atoms with Gasteiger partial charge in [-0.2, -0.15) is 0 Å². The van der Waals surface area contributed by atoms with Gasteiger partial charge in [0.2, 0.25) is 5.96 Å². The molecule has 1 aromatic rings. The molecule has 0 aliphatic carbocycles. The Hall–Kier alpha value is -1.84. The number of benzene rings is 1. The fraction of sp³-hybridized carbons (Fsp3) is 0.273. The summed E-state index contributed by atoms with van der Waals surface area (Å²) in [7, 11) is 0. The van der Waals surface area contributed by atoms with Gasteiger partial charge in [0.15, 0.2) is 0 Å². The molecule has 80 valence electrons. The van der Waals surface area contributed by atoms with Crippen molar-refractivity contribution in [2.24, 2.45) is 21.5 Å². The zero-order chi connectivity index (χ0) is 14.7. The van der Waals surface area contributed by atoms with Gasteiger partial charge < -0.3 is 11.5 Å². The average Bonchev–Trinajstić information content (AvgIpc) is 2.27. The van der Waals surface area contributed by atoms with Gasteiger partial charge in [0.25, 0.3) is 0 Å². The van der Waals surface area contributed by atoms with E-state index in [0.29, 0.717) is 0 Å². The Labute approximate surface area is 95.3 Å². The van der Waals surface area contributed by atoms with Crippen molar-refractivity contribution in [1.82, 2.24) is 0 Å². The predicted molar refractivity (Wildman–Crippen MR) is 63.9 cm³/mol. The first-order valence-electron chi connectivity index (χ1n) is 6.38. The zero-order valence-electron chi connectivity index (χ0n) is 12.4. The maximum absolute atomic E-state index is 7.90. The molecule has 0 fully saturated rings. The Morgan fingerprint density at radius 1 is 1.33 bits per heavy atom. The Morgan fingerprint density at radius 2 is 2.00 bits per heavy atom. The molecule has 0 aromatic heterocycles. The van der Waals surface area contributed by atoms with Crippen LogP contribution >= 0.6 is 0 Å². The van der Waals surface area contributed by atoms with Gasteiger partial charge in [0.1, 0.15) is 0 Å². The number of hydrogen-bond acceptors (Lipinski definition) is 1. The third kappa shape index (κ3) is 4.81. The van der Waals surface area contributed by atoms with Gasteiger partial charge >= 0.3 is 0 Å². The molecule has 0 amide bonds. The topological polar surface area (TPSA) is 76.8 Å². The second-order valence-electron chi connectivity index (χ2n) is 2.83. The largest absolute Gasteiger partial charge is 0.387 e. The van der Waals surface area contributed by atoms with Crippen LogP contribution in [0.15, 0.2) is 40.3 Å². The van der Waals surface area contributed by atoms with Gasteiger partial charge in [-0.1, -0.05) is 30.3 Å². The molecule has 4 N–H and O–H groups in total. The van der Waals surface area contributed by atoms with Crippen LogP contribution in [0.4, 0.5) is 0 Å². The van der Waals surface area contributed by atoms with E-state index in [1.54, 1.807) is 18.2 Å². The summed E-state index contributed by atoms with van der Waals surface area (Å²) in [5.41, 5.74) is 10.9. The molecular weight excluding hydrogens is 188 g/mol. The van der Waals surface area contributed by atoms with Crippen LogP contribution in [0.1, 0.15) is 18.0 Å². The van der Waals surface area contributed by atoms with Gasteiger partial charge in [0.05, 0.1) is 8.58 Å². The van der Waals surface area contributed by atoms with E-state index < -0.39 is 18.8 Å². The number of guanidine groups is 1. The number of aryl methyl sites for hydroxylation is 1. The van der Waals surface area contributed by atoms with Crippen LogP contribution in [-0.4, -0.2) is 18.3 Å². The number of aliphatic imine (C=N–C) groups is 2. The van der Waals surface area contributed by atoms with Crippen LogP contribution in [0.25, 0.3) is 0 Å². The normalized spacial score (nSPS) is 18.7. The lowest BCUT2D eigenvalue weighted by Gasteiger charge is -1.97. The number of nitrogens with zero attached hydrogens (tertiary/aromatic N) is 2. The monoisotopic (exact) mass is 208 g/mol. The third-order valence-electron chi connectivity index (χ3n) is 1.44. The Bertz CT molecular complexity index is 493. The second kappa shape index (κ2) is 5.80. The van der Waals surface area contributed by atoms with E-state index in [4.69, 9.17) is 17.0 Å². The first kappa shape index (κ1) is 6.61. The lowest BCUT2D eigenvalue weighted by atomic mass is 10.2. The highest BCUT2D eigenvalue weighted by atomic mass is 15.1. The number of nitrogens with two attached hydrogens (primary N) is 2. The van der Waals surface area contributed by atoms with Crippen molar-refractivity contribution < 1.29 is 5.48 Å². The molecule has 0 aliphatic rings. The molecule has 0 saturated heterocycles. The lowest BCUT2D eigenvalue weighted by Crippen LogP contribution is -2.16. The molecule has 15 heavy (non-hydrogen) atoms. The average molecular weight is 208 g/mol. The minimum absolute atomic E-state index is 0.123. The Balaban J connectivity index is 3.15. The summed E-state index contributed by atoms with van der Waals surface area (Å²) in [5.74, 6) is -0.276. The van der Waals surface area contributed by atoms with E-state index >= 15 is 0 Å². The maximum Gasteiger partial charge on any atom is 0.216 e. The smallest absolute Gasteiger partial charge is 0.216 e. The van der Waals surface area contributed by atoms with Gasteiger partial charge in [-0.15, -0.1) is 0 Å². The molecule has 0 aliphatic heterocycles. The van der Waals surface area contributed by atoms with E-state index in [1.807, 2.05) is 0 Å². The third-order valence-corrected chi connectivity index (χ3v) is 1.44. The first-order chi connectivity index (χ1) is 8.67. The number of hydrogen-bond donors (Lipinski definition) is 2. The maximum atomic E-state index is 7.90. The Kier molecular flexibility index (Phi) is 2.55. The van der Waals surface area contributed by atoms with Crippen molar-refractivity contribution >= 4 is 11.8 Å². The summed E-state index contributed by atoms with van der Waals surface area (Å²) in [6.07, 6.45) is -2.34. The van der Waals surface area contributed by atoms with Gasteiger partial charge in [-0.05, 0) is 18.9 Å². The molecule has 1 rings (SSSR count).